The zero-order valence-electron chi connectivity index (χ0n) is 15.3. The predicted octanol–water partition coefficient (Wildman–Crippen LogP) is 2.17. The second kappa shape index (κ2) is 7.99. The third kappa shape index (κ3) is 4.02. The highest BCUT2D eigenvalue weighted by Gasteiger charge is 2.19. The number of hydrogen-bond acceptors (Lipinski definition) is 4. The molecular formula is C21H19N5O3. The summed E-state index contributed by atoms with van der Waals surface area (Å²) in [7, 11) is 0. The number of carbonyl (C=O) groups excluding carboxylic acids is 2. The quantitative estimate of drug-likeness (QED) is 0.324. The van der Waals surface area contributed by atoms with Crippen LogP contribution in [0.25, 0.3) is 27.9 Å². The molecule has 1 atom stereocenters. The molecule has 29 heavy (non-hydrogen) atoms. The minimum Gasteiger partial charge on any atom is -0.394 e. The van der Waals surface area contributed by atoms with Gasteiger partial charge in [0.2, 0.25) is 11.8 Å². The molecule has 0 bridgehead atoms. The number of carbonyl (C=O) groups is 2. The van der Waals surface area contributed by atoms with Crippen LogP contribution in [0.1, 0.15) is 5.56 Å². The number of H-pyrrole nitrogens is 2. The Morgan fingerprint density at radius 3 is 2.90 bits per heavy atom. The van der Waals surface area contributed by atoms with Gasteiger partial charge in [-0.2, -0.15) is 5.10 Å². The number of para-hydroxylation sites is 1. The number of nitrogens with zero attached hydrogens (tertiary/aromatic N) is 1. The van der Waals surface area contributed by atoms with Crippen molar-refractivity contribution in [1.29, 1.82) is 0 Å². The van der Waals surface area contributed by atoms with Crippen molar-refractivity contribution in [3.05, 3.63) is 66.5 Å². The number of hydrogen-bond donors (Lipinski definition) is 5. The lowest BCUT2D eigenvalue weighted by Crippen LogP contribution is -2.45. The molecule has 2 aromatic heterocycles. The van der Waals surface area contributed by atoms with Crippen LogP contribution in [-0.2, 0) is 9.59 Å². The van der Waals surface area contributed by atoms with Crippen LogP contribution in [0.2, 0.25) is 0 Å². The molecule has 0 radical (unpaired) electrons. The molecular weight excluding hydrogens is 370 g/mol. The fraction of sp³-hybridized carbons (Fsp3) is 0.0952. The third-order valence-corrected chi connectivity index (χ3v) is 4.56. The van der Waals surface area contributed by atoms with Gasteiger partial charge < -0.3 is 20.7 Å². The molecule has 2 heterocycles. The first-order chi connectivity index (χ1) is 14.1. The van der Waals surface area contributed by atoms with Crippen molar-refractivity contribution in [3.63, 3.8) is 0 Å². The van der Waals surface area contributed by atoms with Gasteiger partial charge in [-0.3, -0.25) is 14.7 Å². The van der Waals surface area contributed by atoms with Crippen LogP contribution < -0.4 is 10.6 Å². The van der Waals surface area contributed by atoms with E-state index in [1.54, 1.807) is 30.6 Å². The topological polar surface area (TPSA) is 123 Å². The van der Waals surface area contributed by atoms with Gasteiger partial charge in [0, 0.05) is 34.2 Å². The largest absolute Gasteiger partial charge is 0.394 e. The average Bonchev–Trinajstić information content (AvgIpc) is 3.36. The molecule has 4 rings (SSSR count). The number of nitrogens with one attached hydrogen (secondary N) is 4. The van der Waals surface area contributed by atoms with E-state index in [0.29, 0.717) is 5.69 Å². The molecule has 0 saturated heterocycles. The van der Waals surface area contributed by atoms with E-state index >= 15 is 0 Å². The van der Waals surface area contributed by atoms with Crippen LogP contribution in [0.4, 0.5) is 5.69 Å². The summed E-state index contributed by atoms with van der Waals surface area (Å²) < 4.78 is 0. The van der Waals surface area contributed by atoms with Crippen LogP contribution in [0.3, 0.4) is 0 Å². The van der Waals surface area contributed by atoms with Gasteiger partial charge in [0.05, 0.1) is 18.3 Å². The Morgan fingerprint density at radius 2 is 2.03 bits per heavy atom. The Morgan fingerprint density at radius 1 is 1.17 bits per heavy atom. The van der Waals surface area contributed by atoms with E-state index in [-0.39, 0.29) is 0 Å². The minimum atomic E-state index is -1.08. The van der Waals surface area contributed by atoms with E-state index in [1.807, 2.05) is 30.3 Å². The van der Waals surface area contributed by atoms with E-state index in [9.17, 15) is 14.7 Å². The van der Waals surface area contributed by atoms with E-state index in [4.69, 9.17) is 0 Å². The van der Waals surface area contributed by atoms with Gasteiger partial charge in [-0.15, -0.1) is 0 Å². The standard InChI is InChI=1S/C21H19N5O3/c27-12-19(21(29)24-15-7-5-14-11-23-26-18(14)9-15)25-20(28)8-6-13-10-22-17-4-2-1-3-16(13)17/h1-11,19,22,27H,12H2,(H,23,26)(H,24,29)(H,25,28). The number of aromatic nitrogens is 3. The molecule has 2 aromatic carbocycles. The summed E-state index contributed by atoms with van der Waals surface area (Å²) in [6.07, 6.45) is 6.48. The summed E-state index contributed by atoms with van der Waals surface area (Å²) in [5.74, 6) is -0.992. The second-order valence-corrected chi connectivity index (χ2v) is 6.53. The molecule has 0 fully saturated rings. The lowest BCUT2D eigenvalue weighted by atomic mass is 10.1. The summed E-state index contributed by atoms with van der Waals surface area (Å²) in [4.78, 5) is 27.8. The van der Waals surface area contributed by atoms with Gasteiger partial charge in [-0.05, 0) is 35.9 Å². The van der Waals surface area contributed by atoms with Crippen molar-refractivity contribution >= 4 is 45.4 Å². The molecule has 5 N–H and O–H groups in total. The van der Waals surface area contributed by atoms with Crippen molar-refractivity contribution in [2.75, 3.05) is 11.9 Å². The molecule has 0 aliphatic carbocycles. The number of amides is 2. The highest BCUT2D eigenvalue weighted by Crippen LogP contribution is 2.19. The fourth-order valence-electron chi connectivity index (χ4n) is 3.06. The van der Waals surface area contributed by atoms with Gasteiger partial charge in [0.1, 0.15) is 6.04 Å². The zero-order chi connectivity index (χ0) is 20.2. The molecule has 2 amide bonds. The SMILES string of the molecule is O=C(C=Cc1c[nH]c2ccccc12)NC(CO)C(=O)Nc1ccc2cn[nH]c2c1. The average molecular weight is 389 g/mol. The maximum atomic E-state index is 12.4. The Kier molecular flexibility index (Phi) is 5.08. The maximum absolute atomic E-state index is 12.4. The monoisotopic (exact) mass is 389 g/mol. The molecule has 4 aromatic rings. The van der Waals surface area contributed by atoms with Crippen molar-refractivity contribution < 1.29 is 14.7 Å². The Hall–Kier alpha value is -3.91. The summed E-state index contributed by atoms with van der Waals surface area (Å²) >= 11 is 0. The van der Waals surface area contributed by atoms with E-state index in [0.717, 1.165) is 27.4 Å². The molecule has 8 nitrogen and oxygen atoms in total. The lowest BCUT2D eigenvalue weighted by molar-refractivity contribution is -0.124. The van der Waals surface area contributed by atoms with Crippen molar-refractivity contribution in [1.82, 2.24) is 20.5 Å². The summed E-state index contributed by atoms with van der Waals surface area (Å²) in [6, 6.07) is 11.9. The number of aromatic amines is 2. The van der Waals surface area contributed by atoms with Crippen LogP contribution in [0.5, 0.6) is 0 Å². The minimum absolute atomic E-state index is 0.478. The predicted molar refractivity (Wildman–Crippen MR) is 111 cm³/mol. The zero-order valence-corrected chi connectivity index (χ0v) is 15.3. The first kappa shape index (κ1) is 18.5. The second-order valence-electron chi connectivity index (χ2n) is 6.53. The molecule has 0 saturated carbocycles. The highest BCUT2D eigenvalue weighted by molar-refractivity contribution is 6.01. The van der Waals surface area contributed by atoms with E-state index in [1.165, 1.54) is 6.08 Å². The van der Waals surface area contributed by atoms with Gasteiger partial charge >= 0.3 is 0 Å². The Balaban J connectivity index is 1.40. The van der Waals surface area contributed by atoms with E-state index in [2.05, 4.69) is 25.8 Å². The van der Waals surface area contributed by atoms with Gasteiger partial charge in [-0.25, -0.2) is 0 Å². The molecule has 8 heteroatoms. The summed E-state index contributed by atoms with van der Waals surface area (Å²) in [5, 5.41) is 23.4. The van der Waals surface area contributed by atoms with Crippen LogP contribution in [-0.4, -0.2) is 44.8 Å². The van der Waals surface area contributed by atoms with Gasteiger partial charge in [0.15, 0.2) is 0 Å². The Bertz CT molecular complexity index is 1210. The molecule has 146 valence electrons. The van der Waals surface area contributed by atoms with Gasteiger partial charge in [0.25, 0.3) is 0 Å². The normalized spacial score (nSPS) is 12.4. The first-order valence-corrected chi connectivity index (χ1v) is 9.03. The molecule has 0 aliphatic heterocycles. The van der Waals surface area contributed by atoms with Crippen LogP contribution >= 0.6 is 0 Å². The first-order valence-electron chi connectivity index (χ1n) is 9.03. The fourth-order valence-corrected chi connectivity index (χ4v) is 3.06. The number of benzene rings is 2. The Labute approximate surface area is 165 Å². The molecule has 0 spiro atoms. The van der Waals surface area contributed by atoms with E-state index < -0.39 is 24.5 Å². The van der Waals surface area contributed by atoms with Crippen molar-refractivity contribution in [2.24, 2.45) is 0 Å². The van der Waals surface area contributed by atoms with Crippen LogP contribution in [0, 0.1) is 0 Å². The number of rotatable bonds is 6. The maximum Gasteiger partial charge on any atom is 0.249 e. The van der Waals surface area contributed by atoms with Crippen molar-refractivity contribution in [3.8, 4) is 0 Å². The number of aliphatic hydroxyl groups is 1. The van der Waals surface area contributed by atoms with Gasteiger partial charge in [-0.1, -0.05) is 18.2 Å². The number of fused-ring (bicyclic) bond motifs is 2. The third-order valence-electron chi connectivity index (χ3n) is 4.56. The number of aliphatic hydroxyl groups excluding tert-OH is 1. The lowest BCUT2D eigenvalue weighted by Gasteiger charge is -2.15. The highest BCUT2D eigenvalue weighted by atomic mass is 16.3. The number of anilines is 1. The smallest absolute Gasteiger partial charge is 0.249 e. The van der Waals surface area contributed by atoms with Crippen LogP contribution in [0.15, 0.2) is 60.9 Å². The van der Waals surface area contributed by atoms with Crippen molar-refractivity contribution in [2.45, 2.75) is 6.04 Å². The summed E-state index contributed by atoms with van der Waals surface area (Å²) in [5.41, 5.74) is 3.13. The summed E-state index contributed by atoms with van der Waals surface area (Å²) in [6.45, 7) is -0.523. The molecule has 1 unspecified atom stereocenters. The molecule has 0 aliphatic rings.